The van der Waals surface area contributed by atoms with E-state index >= 15 is 0 Å². The van der Waals surface area contributed by atoms with Gasteiger partial charge in [0.1, 0.15) is 11.4 Å². The minimum Gasteiger partial charge on any atom is -0.372 e. The van der Waals surface area contributed by atoms with Gasteiger partial charge in [0.05, 0.1) is 10.0 Å². The van der Waals surface area contributed by atoms with Crippen molar-refractivity contribution in [2.24, 2.45) is 0 Å². The Morgan fingerprint density at radius 2 is 1.85 bits per heavy atom. The van der Waals surface area contributed by atoms with Crippen molar-refractivity contribution in [3.63, 3.8) is 0 Å². The number of carbonyl (C=O) groups is 1. The van der Waals surface area contributed by atoms with E-state index in [1.165, 1.54) is 19.0 Å². The van der Waals surface area contributed by atoms with E-state index in [0.717, 1.165) is 25.9 Å². The Hall–Kier alpha value is -2.09. The smallest absolute Gasteiger partial charge is 0.270 e. The number of amides is 1. The molecule has 1 aliphatic heterocycles. The Morgan fingerprint density at radius 1 is 1.11 bits per heavy atom. The quantitative estimate of drug-likeness (QED) is 0.690. The van der Waals surface area contributed by atoms with Gasteiger partial charge in [-0.1, -0.05) is 36.0 Å². The fraction of sp³-hybridized carbons (Fsp3) is 0.389. The van der Waals surface area contributed by atoms with Crippen LogP contribution >= 0.6 is 23.2 Å². The minimum absolute atomic E-state index is 0.220. The van der Waals surface area contributed by atoms with Crippen LogP contribution in [0.5, 0.6) is 0 Å². The second kappa shape index (κ2) is 9.21. The molecule has 1 aromatic carbocycles. The Labute approximate surface area is 168 Å². The van der Waals surface area contributed by atoms with Crippen molar-refractivity contribution in [2.45, 2.75) is 25.7 Å². The van der Waals surface area contributed by atoms with E-state index in [1.54, 1.807) is 25.2 Å². The standard InChI is InChI=1S/C18H22Cl2N6O/c1-21-16-13(17(27)25-26-8-4-2-3-5-9-26)11-22-18(24-16)23-12-6-7-14(19)15(20)10-12/h6-7,10-11H,2-5,8-9H2,1H3,(H,25,27)(H2,21,22,23,24). The zero-order chi connectivity index (χ0) is 19.2. The zero-order valence-electron chi connectivity index (χ0n) is 15.1. The van der Waals surface area contributed by atoms with Gasteiger partial charge in [0.25, 0.3) is 5.91 Å². The Kier molecular flexibility index (Phi) is 6.71. The third kappa shape index (κ3) is 5.22. The summed E-state index contributed by atoms with van der Waals surface area (Å²) in [5.41, 5.74) is 4.05. The lowest BCUT2D eigenvalue weighted by Crippen LogP contribution is -2.43. The van der Waals surface area contributed by atoms with Crippen molar-refractivity contribution in [2.75, 3.05) is 30.8 Å². The van der Waals surface area contributed by atoms with Crippen molar-refractivity contribution in [1.82, 2.24) is 20.4 Å². The fourth-order valence-corrected chi connectivity index (χ4v) is 3.19. The summed E-state index contributed by atoms with van der Waals surface area (Å²) in [7, 11) is 1.72. The summed E-state index contributed by atoms with van der Waals surface area (Å²) >= 11 is 12.0. The molecule has 3 N–H and O–H groups in total. The Bertz CT molecular complexity index is 808. The summed E-state index contributed by atoms with van der Waals surface area (Å²) in [6, 6.07) is 5.15. The van der Waals surface area contributed by atoms with Crippen LogP contribution in [0.3, 0.4) is 0 Å². The van der Waals surface area contributed by atoms with Crippen LogP contribution in [0.2, 0.25) is 10.0 Å². The lowest BCUT2D eigenvalue weighted by Gasteiger charge is -2.21. The minimum atomic E-state index is -0.220. The number of nitrogens with one attached hydrogen (secondary N) is 3. The SMILES string of the molecule is CNc1nc(Nc2ccc(Cl)c(Cl)c2)ncc1C(=O)NN1CCCCCC1. The van der Waals surface area contributed by atoms with Crippen LogP contribution < -0.4 is 16.1 Å². The number of aromatic nitrogens is 2. The van der Waals surface area contributed by atoms with Gasteiger partial charge in [-0.05, 0) is 31.0 Å². The molecule has 3 rings (SSSR count). The molecule has 2 heterocycles. The van der Waals surface area contributed by atoms with Crippen molar-refractivity contribution in [3.8, 4) is 0 Å². The van der Waals surface area contributed by atoms with Crippen LogP contribution in [-0.2, 0) is 0 Å². The first kappa shape index (κ1) is 19.7. The number of hydrogen-bond acceptors (Lipinski definition) is 6. The summed E-state index contributed by atoms with van der Waals surface area (Å²) < 4.78 is 0. The maximum atomic E-state index is 12.6. The average Bonchev–Trinajstić information content (AvgIpc) is 2.93. The van der Waals surface area contributed by atoms with Crippen molar-refractivity contribution >= 4 is 46.6 Å². The molecule has 1 aliphatic rings. The van der Waals surface area contributed by atoms with Crippen molar-refractivity contribution < 1.29 is 4.79 Å². The first-order valence-electron chi connectivity index (χ1n) is 8.89. The second-order valence-corrected chi connectivity index (χ2v) is 7.12. The van der Waals surface area contributed by atoms with Gasteiger partial charge >= 0.3 is 0 Å². The van der Waals surface area contributed by atoms with Gasteiger partial charge in [-0.25, -0.2) is 9.99 Å². The topological polar surface area (TPSA) is 82.2 Å². The van der Waals surface area contributed by atoms with Crippen LogP contribution in [0.1, 0.15) is 36.0 Å². The van der Waals surface area contributed by atoms with Crippen molar-refractivity contribution in [1.29, 1.82) is 0 Å². The average molecular weight is 409 g/mol. The van der Waals surface area contributed by atoms with Gasteiger partial charge < -0.3 is 10.6 Å². The molecule has 1 amide bonds. The van der Waals surface area contributed by atoms with Gasteiger partial charge in [-0.3, -0.25) is 10.2 Å². The molecular weight excluding hydrogens is 387 g/mol. The molecular formula is C18H22Cl2N6O. The lowest BCUT2D eigenvalue weighted by atomic mass is 10.2. The van der Waals surface area contributed by atoms with E-state index in [9.17, 15) is 4.79 Å². The molecule has 0 atom stereocenters. The van der Waals surface area contributed by atoms with Crippen LogP contribution in [0.4, 0.5) is 17.5 Å². The third-order valence-corrected chi connectivity index (χ3v) is 5.05. The molecule has 0 radical (unpaired) electrons. The summed E-state index contributed by atoms with van der Waals surface area (Å²) in [5, 5.41) is 8.89. The lowest BCUT2D eigenvalue weighted by molar-refractivity contribution is 0.0794. The summed E-state index contributed by atoms with van der Waals surface area (Å²) in [6.07, 6.45) is 6.08. The highest BCUT2D eigenvalue weighted by Gasteiger charge is 2.18. The molecule has 0 aliphatic carbocycles. The van der Waals surface area contributed by atoms with E-state index in [1.807, 2.05) is 5.01 Å². The number of halogens is 2. The van der Waals surface area contributed by atoms with Crippen LogP contribution in [0.25, 0.3) is 0 Å². The molecule has 0 bridgehead atoms. The van der Waals surface area contributed by atoms with E-state index in [0.29, 0.717) is 33.1 Å². The maximum Gasteiger partial charge on any atom is 0.270 e. The zero-order valence-corrected chi connectivity index (χ0v) is 16.6. The monoisotopic (exact) mass is 408 g/mol. The number of hydrogen-bond donors (Lipinski definition) is 3. The molecule has 1 fully saturated rings. The number of benzene rings is 1. The number of rotatable bonds is 5. The highest BCUT2D eigenvalue weighted by atomic mass is 35.5. The van der Waals surface area contributed by atoms with Gasteiger partial charge in [0.15, 0.2) is 0 Å². The van der Waals surface area contributed by atoms with Crippen LogP contribution in [0, 0.1) is 0 Å². The van der Waals surface area contributed by atoms with E-state index < -0.39 is 0 Å². The largest absolute Gasteiger partial charge is 0.372 e. The molecule has 0 spiro atoms. The van der Waals surface area contributed by atoms with Gasteiger partial charge in [-0.15, -0.1) is 0 Å². The predicted octanol–water partition coefficient (Wildman–Crippen LogP) is 4.09. The number of anilines is 3. The first-order valence-corrected chi connectivity index (χ1v) is 9.65. The highest BCUT2D eigenvalue weighted by Crippen LogP contribution is 2.26. The molecule has 27 heavy (non-hydrogen) atoms. The normalized spacial score (nSPS) is 15.1. The Balaban J connectivity index is 1.73. The van der Waals surface area contributed by atoms with Crippen molar-refractivity contribution in [3.05, 3.63) is 40.0 Å². The van der Waals surface area contributed by atoms with Gasteiger partial charge in [0, 0.05) is 32.0 Å². The first-order chi connectivity index (χ1) is 13.1. The molecule has 9 heteroatoms. The second-order valence-electron chi connectivity index (χ2n) is 6.30. The number of nitrogens with zero attached hydrogens (tertiary/aromatic N) is 3. The number of carbonyl (C=O) groups excluding carboxylic acids is 1. The molecule has 1 saturated heterocycles. The molecule has 0 unspecified atom stereocenters. The molecule has 0 saturated carbocycles. The van der Waals surface area contributed by atoms with Crippen LogP contribution in [0.15, 0.2) is 24.4 Å². The fourth-order valence-electron chi connectivity index (χ4n) is 2.89. The van der Waals surface area contributed by atoms with Gasteiger partial charge in [0.2, 0.25) is 5.95 Å². The third-order valence-electron chi connectivity index (χ3n) is 4.31. The predicted molar refractivity (Wildman–Crippen MR) is 109 cm³/mol. The van der Waals surface area contributed by atoms with E-state index in [-0.39, 0.29) is 5.91 Å². The number of hydrazine groups is 1. The van der Waals surface area contributed by atoms with E-state index in [4.69, 9.17) is 23.2 Å². The molecule has 1 aromatic heterocycles. The molecule has 7 nitrogen and oxygen atoms in total. The molecule has 144 valence electrons. The maximum absolute atomic E-state index is 12.6. The summed E-state index contributed by atoms with van der Waals surface area (Å²) in [6.45, 7) is 1.72. The van der Waals surface area contributed by atoms with E-state index in [2.05, 4.69) is 26.0 Å². The van der Waals surface area contributed by atoms with Gasteiger partial charge in [-0.2, -0.15) is 4.98 Å². The van der Waals surface area contributed by atoms with Crippen LogP contribution in [-0.4, -0.2) is 41.0 Å². The highest BCUT2D eigenvalue weighted by molar-refractivity contribution is 6.42. The molecule has 2 aromatic rings. The summed E-state index contributed by atoms with van der Waals surface area (Å²) in [5.74, 6) is 0.575. The Morgan fingerprint density at radius 3 is 2.52 bits per heavy atom. The summed E-state index contributed by atoms with van der Waals surface area (Å²) in [4.78, 5) is 21.3.